The van der Waals surface area contributed by atoms with Gasteiger partial charge in [0.05, 0.1) is 0 Å². The average molecular weight is 372 g/mol. The molecule has 0 unspecified atom stereocenters. The van der Waals surface area contributed by atoms with Crippen LogP contribution in [0.1, 0.15) is 16.8 Å². The SMILES string of the molecule is O=C(CCN1CCN(C(=O)c2ccc(Cl)cc2)CC1)Nc1ccccc1. The Kier molecular flexibility index (Phi) is 6.26. The summed E-state index contributed by atoms with van der Waals surface area (Å²) < 4.78 is 0. The lowest BCUT2D eigenvalue weighted by molar-refractivity contribution is -0.116. The smallest absolute Gasteiger partial charge is 0.253 e. The number of piperazine rings is 1. The van der Waals surface area contributed by atoms with Crippen LogP contribution >= 0.6 is 11.6 Å². The second-order valence-electron chi connectivity index (χ2n) is 6.30. The first-order chi connectivity index (χ1) is 12.6. The molecule has 136 valence electrons. The average Bonchev–Trinajstić information content (AvgIpc) is 2.68. The largest absolute Gasteiger partial charge is 0.336 e. The summed E-state index contributed by atoms with van der Waals surface area (Å²) in [4.78, 5) is 28.6. The predicted molar refractivity (Wildman–Crippen MR) is 103 cm³/mol. The lowest BCUT2D eigenvalue weighted by atomic mass is 10.2. The summed E-state index contributed by atoms with van der Waals surface area (Å²) in [6, 6.07) is 16.4. The van der Waals surface area contributed by atoms with Gasteiger partial charge in [0.2, 0.25) is 5.91 Å². The van der Waals surface area contributed by atoms with E-state index < -0.39 is 0 Å². The van der Waals surface area contributed by atoms with Crippen molar-refractivity contribution in [3.63, 3.8) is 0 Å². The number of carbonyl (C=O) groups excluding carboxylic acids is 2. The minimum Gasteiger partial charge on any atom is -0.336 e. The Morgan fingerprint density at radius 2 is 1.58 bits per heavy atom. The molecule has 1 N–H and O–H groups in total. The predicted octanol–water partition coefficient (Wildman–Crippen LogP) is 3.13. The molecule has 1 heterocycles. The first-order valence-corrected chi connectivity index (χ1v) is 9.12. The minimum atomic E-state index is 0.0101. The van der Waals surface area contributed by atoms with Crippen molar-refractivity contribution >= 4 is 29.1 Å². The van der Waals surface area contributed by atoms with Crippen molar-refractivity contribution in [1.29, 1.82) is 0 Å². The summed E-state index contributed by atoms with van der Waals surface area (Å²) in [5.41, 5.74) is 1.47. The number of halogens is 1. The zero-order valence-electron chi connectivity index (χ0n) is 14.5. The maximum Gasteiger partial charge on any atom is 0.253 e. The van der Waals surface area contributed by atoms with Crippen molar-refractivity contribution in [2.45, 2.75) is 6.42 Å². The molecule has 2 aromatic carbocycles. The van der Waals surface area contributed by atoms with Crippen LogP contribution in [-0.2, 0) is 4.79 Å². The lowest BCUT2D eigenvalue weighted by Crippen LogP contribution is -2.49. The van der Waals surface area contributed by atoms with Crippen molar-refractivity contribution < 1.29 is 9.59 Å². The first-order valence-electron chi connectivity index (χ1n) is 8.74. The van der Waals surface area contributed by atoms with Crippen LogP contribution in [0.5, 0.6) is 0 Å². The Morgan fingerprint density at radius 1 is 0.923 bits per heavy atom. The highest BCUT2D eigenvalue weighted by Gasteiger charge is 2.22. The molecule has 2 amide bonds. The highest BCUT2D eigenvalue weighted by Crippen LogP contribution is 2.13. The molecule has 0 spiro atoms. The van der Waals surface area contributed by atoms with E-state index in [9.17, 15) is 9.59 Å². The summed E-state index contributed by atoms with van der Waals surface area (Å²) in [5.74, 6) is 0.0407. The molecule has 0 aromatic heterocycles. The molecule has 2 aromatic rings. The Balaban J connectivity index is 1.41. The summed E-state index contributed by atoms with van der Waals surface area (Å²) in [6.45, 7) is 3.58. The maximum absolute atomic E-state index is 12.5. The van der Waals surface area contributed by atoms with Gasteiger partial charge in [-0.15, -0.1) is 0 Å². The zero-order valence-corrected chi connectivity index (χ0v) is 15.3. The molecule has 1 aliphatic rings. The number of rotatable bonds is 5. The molecular weight excluding hydrogens is 350 g/mol. The first kappa shape index (κ1) is 18.4. The maximum atomic E-state index is 12.5. The fraction of sp³-hybridized carbons (Fsp3) is 0.300. The van der Waals surface area contributed by atoms with E-state index in [0.29, 0.717) is 36.6 Å². The Hall–Kier alpha value is -2.37. The van der Waals surface area contributed by atoms with Gasteiger partial charge in [-0.05, 0) is 36.4 Å². The number of carbonyl (C=O) groups is 2. The monoisotopic (exact) mass is 371 g/mol. The molecule has 0 aliphatic carbocycles. The minimum absolute atomic E-state index is 0.0101. The van der Waals surface area contributed by atoms with Crippen LogP contribution in [0.2, 0.25) is 5.02 Å². The molecule has 3 rings (SSSR count). The van der Waals surface area contributed by atoms with Crippen LogP contribution in [0.15, 0.2) is 54.6 Å². The quantitative estimate of drug-likeness (QED) is 0.878. The summed E-state index contributed by atoms with van der Waals surface area (Å²) in [6.07, 6.45) is 0.444. The third-order valence-electron chi connectivity index (χ3n) is 4.46. The number of anilines is 1. The van der Waals surface area contributed by atoms with Crippen LogP contribution in [0.25, 0.3) is 0 Å². The highest BCUT2D eigenvalue weighted by molar-refractivity contribution is 6.30. The van der Waals surface area contributed by atoms with Crippen molar-refractivity contribution in [2.75, 3.05) is 38.0 Å². The molecular formula is C20H22ClN3O2. The molecule has 0 saturated carbocycles. The van der Waals surface area contributed by atoms with Crippen LogP contribution in [-0.4, -0.2) is 54.3 Å². The highest BCUT2D eigenvalue weighted by atomic mass is 35.5. The number of para-hydroxylation sites is 1. The number of amides is 2. The molecule has 1 fully saturated rings. The molecule has 0 atom stereocenters. The van der Waals surface area contributed by atoms with Gasteiger partial charge < -0.3 is 10.2 Å². The zero-order chi connectivity index (χ0) is 18.4. The van der Waals surface area contributed by atoms with Gasteiger partial charge in [0.15, 0.2) is 0 Å². The summed E-state index contributed by atoms with van der Waals surface area (Å²) in [5, 5.41) is 3.52. The van der Waals surface area contributed by atoms with Crippen molar-refractivity contribution in [3.8, 4) is 0 Å². The topological polar surface area (TPSA) is 52.7 Å². The Bertz CT molecular complexity index is 741. The fourth-order valence-corrected chi connectivity index (χ4v) is 3.08. The standard InChI is InChI=1S/C20H22ClN3O2/c21-17-8-6-16(7-9-17)20(26)24-14-12-23(13-15-24)11-10-19(25)22-18-4-2-1-3-5-18/h1-9H,10-15H2,(H,22,25). The van der Waals surface area contributed by atoms with Crippen LogP contribution in [0, 0.1) is 0 Å². The third-order valence-corrected chi connectivity index (χ3v) is 4.72. The van der Waals surface area contributed by atoms with E-state index >= 15 is 0 Å². The van der Waals surface area contributed by atoms with Crippen molar-refractivity contribution in [1.82, 2.24) is 9.80 Å². The molecule has 0 bridgehead atoms. The van der Waals surface area contributed by atoms with Crippen LogP contribution in [0.3, 0.4) is 0 Å². The summed E-state index contributed by atoms with van der Waals surface area (Å²) in [7, 11) is 0. The van der Waals surface area contributed by atoms with Crippen LogP contribution < -0.4 is 5.32 Å². The van der Waals surface area contributed by atoms with Crippen molar-refractivity contribution in [3.05, 3.63) is 65.2 Å². The van der Waals surface area contributed by atoms with E-state index in [1.807, 2.05) is 35.2 Å². The van der Waals surface area contributed by atoms with Gasteiger partial charge >= 0.3 is 0 Å². The Labute approximate surface area is 158 Å². The molecule has 1 aliphatic heterocycles. The molecule has 5 nitrogen and oxygen atoms in total. The number of benzene rings is 2. The van der Waals surface area contributed by atoms with Gasteiger partial charge in [-0.25, -0.2) is 0 Å². The number of nitrogens with zero attached hydrogens (tertiary/aromatic N) is 2. The lowest BCUT2D eigenvalue weighted by Gasteiger charge is -2.34. The number of hydrogen-bond donors (Lipinski definition) is 1. The van der Waals surface area contributed by atoms with E-state index in [-0.39, 0.29) is 11.8 Å². The Morgan fingerprint density at radius 3 is 2.23 bits per heavy atom. The number of hydrogen-bond acceptors (Lipinski definition) is 3. The normalized spacial score (nSPS) is 14.9. The van der Waals surface area contributed by atoms with E-state index in [0.717, 1.165) is 18.8 Å². The number of nitrogens with one attached hydrogen (secondary N) is 1. The van der Waals surface area contributed by atoms with Gasteiger partial charge in [0.25, 0.3) is 5.91 Å². The van der Waals surface area contributed by atoms with E-state index in [4.69, 9.17) is 11.6 Å². The second kappa shape index (κ2) is 8.83. The second-order valence-corrected chi connectivity index (χ2v) is 6.74. The van der Waals surface area contributed by atoms with Gasteiger partial charge in [0.1, 0.15) is 0 Å². The molecule has 6 heteroatoms. The summed E-state index contributed by atoms with van der Waals surface area (Å²) >= 11 is 5.87. The van der Waals surface area contributed by atoms with Gasteiger partial charge in [-0.2, -0.15) is 0 Å². The van der Waals surface area contributed by atoms with E-state index in [1.165, 1.54) is 0 Å². The van der Waals surface area contributed by atoms with E-state index in [2.05, 4.69) is 10.2 Å². The van der Waals surface area contributed by atoms with Crippen LogP contribution in [0.4, 0.5) is 5.69 Å². The molecule has 0 radical (unpaired) electrons. The van der Waals surface area contributed by atoms with Gasteiger partial charge in [-0.3, -0.25) is 14.5 Å². The third kappa shape index (κ3) is 5.07. The molecule has 26 heavy (non-hydrogen) atoms. The fourth-order valence-electron chi connectivity index (χ4n) is 2.95. The van der Waals surface area contributed by atoms with Gasteiger partial charge in [-0.1, -0.05) is 29.8 Å². The molecule has 1 saturated heterocycles. The van der Waals surface area contributed by atoms with E-state index in [1.54, 1.807) is 24.3 Å². The van der Waals surface area contributed by atoms with Crippen molar-refractivity contribution in [2.24, 2.45) is 0 Å². The van der Waals surface area contributed by atoms with Gasteiger partial charge in [0, 0.05) is 55.4 Å².